The van der Waals surface area contributed by atoms with Gasteiger partial charge in [0.25, 0.3) is 0 Å². The normalized spacial score (nSPS) is 13.8. The van der Waals surface area contributed by atoms with Crippen molar-refractivity contribution in [3.8, 4) is 17.0 Å². The van der Waals surface area contributed by atoms with Crippen LogP contribution < -0.4 is 5.69 Å². The lowest BCUT2D eigenvalue weighted by molar-refractivity contribution is 0.382. The number of fused-ring (bicyclic) bond motifs is 3. The molecule has 1 aliphatic carbocycles. The first kappa shape index (κ1) is 18.8. The van der Waals surface area contributed by atoms with Gasteiger partial charge in [-0.05, 0) is 34.2 Å². The maximum Gasteiger partial charge on any atom is 0.328 e. The minimum atomic E-state index is -0.306. The second-order valence-electron chi connectivity index (χ2n) is 7.67. The summed E-state index contributed by atoms with van der Waals surface area (Å²) in [6.07, 6.45) is 0.618. The van der Waals surface area contributed by atoms with Crippen molar-refractivity contribution in [2.75, 3.05) is 5.75 Å². The average Bonchev–Trinajstić information content (AvgIpc) is 3.26. The Morgan fingerprint density at radius 2 is 1.47 bits per heavy atom. The van der Waals surface area contributed by atoms with Crippen molar-refractivity contribution >= 4 is 12.6 Å². The quantitative estimate of drug-likeness (QED) is 0.363. The molecular weight excluding hydrogens is 392 g/mol. The molecule has 1 aliphatic rings. The molecule has 1 unspecified atom stereocenters. The molecule has 30 heavy (non-hydrogen) atoms. The molecule has 0 radical (unpaired) electrons. The van der Waals surface area contributed by atoms with E-state index in [0.29, 0.717) is 17.9 Å². The molecule has 4 aromatic rings. The van der Waals surface area contributed by atoms with Crippen LogP contribution in [0, 0.1) is 0 Å². The largest absolute Gasteiger partial charge is 0.493 e. The van der Waals surface area contributed by atoms with Crippen LogP contribution in [-0.4, -0.2) is 20.4 Å². The minimum Gasteiger partial charge on any atom is -0.493 e. The van der Waals surface area contributed by atoms with E-state index in [9.17, 15) is 9.90 Å². The second-order valence-corrected chi connectivity index (χ2v) is 8.04. The standard InChI is InChI=1S/C25H22N2O2S/c28-24-23(22-20-12-6-4-10-18(20)19-11-5-7-13-21(19)22)26-25(29)27(24)17(15-30)14-16-8-2-1-3-9-16/h1-13,17,22,28,30H,14-15H2,(H,26,29). The molecule has 5 heteroatoms. The SMILES string of the molecule is O=c1[nH]c(C2c3ccccc3-c3ccccc32)c(O)n1C(CS)Cc1ccccc1. The number of benzene rings is 3. The van der Waals surface area contributed by atoms with Gasteiger partial charge in [-0.25, -0.2) is 4.79 Å². The second kappa shape index (κ2) is 7.58. The molecule has 2 N–H and O–H groups in total. The van der Waals surface area contributed by atoms with Gasteiger partial charge < -0.3 is 10.1 Å². The first-order valence-electron chi connectivity index (χ1n) is 10.1. The van der Waals surface area contributed by atoms with E-state index in [0.717, 1.165) is 27.8 Å². The Balaban J connectivity index is 1.62. The summed E-state index contributed by atoms with van der Waals surface area (Å²) in [4.78, 5) is 15.9. The van der Waals surface area contributed by atoms with Crippen molar-refractivity contribution in [3.05, 3.63) is 112 Å². The minimum absolute atomic E-state index is 0.00788. The first-order valence-corrected chi connectivity index (χ1v) is 10.7. The van der Waals surface area contributed by atoms with Crippen LogP contribution in [0.2, 0.25) is 0 Å². The lowest BCUT2D eigenvalue weighted by Gasteiger charge is -2.18. The number of aromatic nitrogens is 2. The van der Waals surface area contributed by atoms with Crippen LogP contribution in [0.25, 0.3) is 11.1 Å². The van der Waals surface area contributed by atoms with Crippen LogP contribution in [0.4, 0.5) is 0 Å². The third kappa shape index (κ3) is 2.97. The monoisotopic (exact) mass is 414 g/mol. The number of imidazole rings is 1. The Morgan fingerprint density at radius 1 is 0.900 bits per heavy atom. The van der Waals surface area contributed by atoms with Gasteiger partial charge in [-0.2, -0.15) is 12.6 Å². The summed E-state index contributed by atoms with van der Waals surface area (Å²) < 4.78 is 1.46. The van der Waals surface area contributed by atoms with E-state index in [1.165, 1.54) is 4.57 Å². The van der Waals surface area contributed by atoms with Crippen LogP contribution in [0.1, 0.15) is 34.3 Å². The lowest BCUT2D eigenvalue weighted by atomic mass is 9.93. The smallest absolute Gasteiger partial charge is 0.328 e. The third-order valence-electron chi connectivity index (χ3n) is 5.94. The summed E-state index contributed by atoms with van der Waals surface area (Å²) in [7, 11) is 0. The van der Waals surface area contributed by atoms with Gasteiger partial charge in [0.15, 0.2) is 0 Å². The maximum absolute atomic E-state index is 12.9. The first-order chi connectivity index (χ1) is 14.7. The highest BCUT2D eigenvalue weighted by Gasteiger charge is 2.34. The van der Waals surface area contributed by atoms with Gasteiger partial charge in [0, 0.05) is 5.75 Å². The number of thiol groups is 1. The van der Waals surface area contributed by atoms with Crippen molar-refractivity contribution < 1.29 is 5.11 Å². The molecule has 1 heterocycles. The predicted molar refractivity (Wildman–Crippen MR) is 123 cm³/mol. The predicted octanol–water partition coefficient (Wildman–Crippen LogP) is 4.76. The van der Waals surface area contributed by atoms with E-state index in [2.05, 4.69) is 41.9 Å². The highest BCUT2D eigenvalue weighted by molar-refractivity contribution is 7.80. The summed E-state index contributed by atoms with van der Waals surface area (Å²) in [6, 6.07) is 26.0. The number of H-pyrrole nitrogens is 1. The summed E-state index contributed by atoms with van der Waals surface area (Å²) >= 11 is 4.48. The lowest BCUT2D eigenvalue weighted by Crippen LogP contribution is -2.24. The Labute approximate surface area is 180 Å². The van der Waals surface area contributed by atoms with Crippen molar-refractivity contribution in [1.29, 1.82) is 0 Å². The number of rotatable bonds is 5. The fraction of sp³-hybridized carbons (Fsp3) is 0.160. The van der Waals surface area contributed by atoms with Crippen LogP contribution in [0.3, 0.4) is 0 Å². The van der Waals surface area contributed by atoms with Gasteiger partial charge in [-0.15, -0.1) is 0 Å². The van der Waals surface area contributed by atoms with Gasteiger partial charge in [-0.3, -0.25) is 4.57 Å². The highest BCUT2D eigenvalue weighted by Crippen LogP contribution is 2.49. The van der Waals surface area contributed by atoms with Crippen LogP contribution in [-0.2, 0) is 6.42 Å². The highest BCUT2D eigenvalue weighted by atomic mass is 32.1. The molecule has 3 aromatic carbocycles. The van der Waals surface area contributed by atoms with E-state index in [1.807, 2.05) is 54.6 Å². The number of aromatic amines is 1. The van der Waals surface area contributed by atoms with Crippen molar-refractivity contribution in [2.45, 2.75) is 18.4 Å². The van der Waals surface area contributed by atoms with Crippen molar-refractivity contribution in [2.24, 2.45) is 0 Å². The van der Waals surface area contributed by atoms with Gasteiger partial charge >= 0.3 is 5.69 Å². The van der Waals surface area contributed by atoms with Gasteiger partial charge in [0.2, 0.25) is 5.88 Å². The maximum atomic E-state index is 12.9. The van der Waals surface area contributed by atoms with E-state index < -0.39 is 0 Å². The molecule has 1 atom stereocenters. The Kier molecular flexibility index (Phi) is 4.75. The van der Waals surface area contributed by atoms with E-state index in [1.54, 1.807) is 0 Å². The Morgan fingerprint density at radius 3 is 2.07 bits per heavy atom. The molecule has 1 aromatic heterocycles. The molecule has 0 amide bonds. The molecule has 0 bridgehead atoms. The van der Waals surface area contributed by atoms with Crippen molar-refractivity contribution in [3.63, 3.8) is 0 Å². The number of hydrogen-bond acceptors (Lipinski definition) is 3. The molecular formula is C25H22N2O2S. The molecule has 4 nitrogen and oxygen atoms in total. The van der Waals surface area contributed by atoms with Crippen LogP contribution in [0.15, 0.2) is 83.7 Å². The van der Waals surface area contributed by atoms with E-state index in [-0.39, 0.29) is 23.5 Å². The summed E-state index contributed by atoms with van der Waals surface area (Å²) in [5.74, 6) is 0.229. The van der Waals surface area contributed by atoms with E-state index in [4.69, 9.17) is 0 Å². The average molecular weight is 415 g/mol. The summed E-state index contributed by atoms with van der Waals surface area (Å²) in [5.41, 5.74) is 5.79. The number of hydrogen-bond donors (Lipinski definition) is 3. The van der Waals surface area contributed by atoms with Crippen LogP contribution >= 0.6 is 12.6 Å². The molecule has 0 saturated heterocycles. The van der Waals surface area contributed by atoms with Crippen LogP contribution in [0.5, 0.6) is 5.88 Å². The van der Waals surface area contributed by atoms with E-state index >= 15 is 0 Å². The summed E-state index contributed by atoms with van der Waals surface area (Å²) in [6.45, 7) is 0. The molecule has 0 spiro atoms. The topological polar surface area (TPSA) is 58.0 Å². The zero-order valence-electron chi connectivity index (χ0n) is 16.3. The van der Waals surface area contributed by atoms with Gasteiger partial charge in [0.1, 0.15) is 0 Å². The van der Waals surface area contributed by atoms with Gasteiger partial charge in [0.05, 0.1) is 17.7 Å². The fourth-order valence-corrected chi connectivity index (χ4v) is 4.88. The number of aromatic hydroxyl groups is 1. The summed E-state index contributed by atoms with van der Waals surface area (Å²) in [5, 5.41) is 11.2. The van der Waals surface area contributed by atoms with Crippen molar-refractivity contribution in [1.82, 2.24) is 9.55 Å². The number of nitrogens with one attached hydrogen (secondary N) is 1. The molecule has 5 rings (SSSR count). The Bertz CT molecular complexity index is 1210. The fourth-order valence-electron chi connectivity index (χ4n) is 4.59. The Hall–Kier alpha value is -3.18. The molecule has 0 aliphatic heterocycles. The zero-order valence-corrected chi connectivity index (χ0v) is 17.2. The third-order valence-corrected chi connectivity index (χ3v) is 6.36. The number of nitrogens with zero attached hydrogens (tertiary/aromatic N) is 1. The van der Waals surface area contributed by atoms with Gasteiger partial charge in [-0.1, -0.05) is 78.9 Å². The molecule has 150 valence electrons. The zero-order chi connectivity index (χ0) is 20.7. The molecule has 0 saturated carbocycles. The molecule has 0 fully saturated rings.